The Hall–Kier alpha value is -1.20. The first-order valence-electron chi connectivity index (χ1n) is 4.54. The van der Waals surface area contributed by atoms with Crippen LogP contribution in [0.25, 0.3) is 11.3 Å². The Labute approximate surface area is 97.4 Å². The van der Waals surface area contributed by atoms with Gasteiger partial charge in [0.1, 0.15) is 5.01 Å². The third kappa shape index (κ3) is 2.24. The maximum Gasteiger partial charge on any atom is 0.100 e. The van der Waals surface area contributed by atoms with E-state index < -0.39 is 0 Å². The summed E-state index contributed by atoms with van der Waals surface area (Å²) in [6, 6.07) is 2.01. The zero-order valence-corrected chi connectivity index (χ0v) is 9.91. The summed E-state index contributed by atoms with van der Waals surface area (Å²) in [6.07, 6.45) is 4.42. The molecule has 2 rings (SSSR count). The fourth-order valence-corrected chi connectivity index (χ4v) is 2.62. The van der Waals surface area contributed by atoms with E-state index in [0.717, 1.165) is 16.3 Å². The lowest BCUT2D eigenvalue weighted by Crippen LogP contribution is -2.10. The minimum atomic E-state index is 0.490. The van der Waals surface area contributed by atoms with Crippen molar-refractivity contribution in [3.63, 3.8) is 0 Å². The summed E-state index contributed by atoms with van der Waals surface area (Å²) >= 11 is 6.52. The first-order valence-corrected chi connectivity index (χ1v) is 5.77. The highest BCUT2D eigenvalue weighted by molar-refractivity contribution is 7.80. The predicted molar refractivity (Wildman–Crippen MR) is 67.1 cm³/mol. The number of H-pyrrole nitrogens is 1. The molecule has 0 aromatic carbocycles. The lowest BCUT2D eigenvalue weighted by Gasteiger charge is -1.92. The maximum atomic E-state index is 5.49. The summed E-state index contributed by atoms with van der Waals surface area (Å²) in [6.45, 7) is 2.06. The molecule has 0 spiro atoms. The molecule has 5 heteroatoms. The van der Waals surface area contributed by atoms with Crippen molar-refractivity contribution in [2.75, 3.05) is 0 Å². The zero-order chi connectivity index (χ0) is 10.8. The van der Waals surface area contributed by atoms with Crippen LogP contribution >= 0.6 is 23.6 Å². The van der Waals surface area contributed by atoms with E-state index in [4.69, 9.17) is 18.0 Å². The van der Waals surface area contributed by atoms with Gasteiger partial charge in [0.15, 0.2) is 0 Å². The highest BCUT2D eigenvalue weighted by atomic mass is 32.1. The molecule has 0 unspecified atom stereocenters. The van der Waals surface area contributed by atoms with Crippen molar-refractivity contribution in [3.05, 3.63) is 28.3 Å². The van der Waals surface area contributed by atoms with Crippen LogP contribution in [-0.2, 0) is 6.42 Å². The number of thiazole rings is 1. The van der Waals surface area contributed by atoms with Gasteiger partial charge >= 0.3 is 0 Å². The van der Waals surface area contributed by atoms with E-state index in [9.17, 15) is 0 Å². The number of rotatable bonds is 3. The molecule has 0 amide bonds. The first kappa shape index (κ1) is 10.3. The second-order valence-corrected chi connectivity index (χ2v) is 5.07. The third-order valence-corrected chi connectivity index (χ3v) is 3.15. The lowest BCUT2D eigenvalue weighted by atomic mass is 10.2. The van der Waals surface area contributed by atoms with Crippen LogP contribution in [0.5, 0.6) is 0 Å². The van der Waals surface area contributed by atoms with Crippen LogP contribution in [0.4, 0.5) is 0 Å². The molecule has 0 fully saturated rings. The second-order valence-electron chi connectivity index (χ2n) is 3.26. The van der Waals surface area contributed by atoms with E-state index >= 15 is 0 Å². The van der Waals surface area contributed by atoms with Crippen LogP contribution in [0.2, 0.25) is 0 Å². The van der Waals surface area contributed by atoms with Gasteiger partial charge in [-0.2, -0.15) is 0 Å². The van der Waals surface area contributed by atoms with Gasteiger partial charge < -0.3 is 10.7 Å². The number of thiocarbonyl (C=S) groups is 1. The van der Waals surface area contributed by atoms with Crippen LogP contribution in [0.3, 0.4) is 0 Å². The Morgan fingerprint density at radius 1 is 1.67 bits per heavy atom. The summed E-state index contributed by atoms with van der Waals surface area (Å²) in [4.78, 5) is 9.23. The standard InChI is InChI=1S/C10H11N3S2/c1-6-10(7-2-3-12-5-7)13-9(15-6)4-8(11)14/h2-3,5,12H,4H2,1H3,(H2,11,14). The molecule has 2 aromatic heterocycles. The predicted octanol–water partition coefficient (Wildman–Crippen LogP) is 2.28. The Morgan fingerprint density at radius 2 is 2.47 bits per heavy atom. The van der Waals surface area contributed by atoms with Crippen LogP contribution in [0.15, 0.2) is 18.5 Å². The van der Waals surface area contributed by atoms with E-state index in [1.54, 1.807) is 11.3 Å². The van der Waals surface area contributed by atoms with E-state index in [1.165, 1.54) is 4.88 Å². The average Bonchev–Trinajstić information content (AvgIpc) is 2.72. The van der Waals surface area contributed by atoms with Crippen molar-refractivity contribution in [2.24, 2.45) is 5.73 Å². The molecule has 0 atom stereocenters. The topological polar surface area (TPSA) is 54.7 Å². The van der Waals surface area contributed by atoms with Gasteiger partial charge in [0, 0.05) is 29.3 Å². The quantitative estimate of drug-likeness (QED) is 0.805. The molecule has 0 saturated heterocycles. The third-order valence-electron chi connectivity index (χ3n) is 2.04. The first-order chi connectivity index (χ1) is 7.16. The number of aromatic amines is 1. The number of aromatic nitrogens is 2. The summed E-state index contributed by atoms with van der Waals surface area (Å²) < 4.78 is 0. The smallest absolute Gasteiger partial charge is 0.100 e. The summed E-state index contributed by atoms with van der Waals surface area (Å²) in [5, 5.41) is 0.983. The summed E-state index contributed by atoms with van der Waals surface area (Å²) in [5.41, 5.74) is 7.62. The Kier molecular flexibility index (Phi) is 2.83. The lowest BCUT2D eigenvalue weighted by molar-refractivity contribution is 1.22. The molecule has 2 aromatic rings. The Bertz CT molecular complexity index is 471. The van der Waals surface area contributed by atoms with E-state index in [2.05, 4.69) is 16.9 Å². The van der Waals surface area contributed by atoms with Crippen LogP contribution in [0.1, 0.15) is 9.88 Å². The van der Waals surface area contributed by atoms with Gasteiger partial charge in [0.2, 0.25) is 0 Å². The highest BCUT2D eigenvalue weighted by Crippen LogP contribution is 2.27. The van der Waals surface area contributed by atoms with Crippen molar-refractivity contribution in [3.8, 4) is 11.3 Å². The van der Waals surface area contributed by atoms with Gasteiger partial charge in [-0.1, -0.05) is 12.2 Å². The molecule has 15 heavy (non-hydrogen) atoms. The van der Waals surface area contributed by atoms with Gasteiger partial charge in [-0.05, 0) is 13.0 Å². The number of nitrogens with two attached hydrogens (primary N) is 1. The Balaban J connectivity index is 2.34. The SMILES string of the molecule is Cc1sc(CC(N)=S)nc1-c1cc[nH]c1. The van der Waals surface area contributed by atoms with Crippen LogP contribution in [-0.4, -0.2) is 15.0 Å². The molecule has 3 nitrogen and oxygen atoms in total. The zero-order valence-electron chi connectivity index (χ0n) is 8.28. The number of aryl methyl sites for hydroxylation is 1. The normalized spacial score (nSPS) is 10.5. The average molecular weight is 237 g/mol. The number of hydrogen-bond acceptors (Lipinski definition) is 3. The molecular weight excluding hydrogens is 226 g/mol. The molecular formula is C10H11N3S2. The second kappa shape index (κ2) is 4.12. The molecule has 0 bridgehead atoms. The molecule has 3 N–H and O–H groups in total. The fourth-order valence-electron chi connectivity index (χ4n) is 1.41. The minimum Gasteiger partial charge on any atom is -0.393 e. The van der Waals surface area contributed by atoms with Crippen LogP contribution in [0, 0.1) is 6.92 Å². The number of nitrogens with one attached hydrogen (secondary N) is 1. The van der Waals surface area contributed by atoms with Crippen molar-refractivity contribution >= 4 is 28.5 Å². The van der Waals surface area contributed by atoms with Crippen molar-refractivity contribution < 1.29 is 0 Å². The van der Waals surface area contributed by atoms with E-state index in [-0.39, 0.29) is 0 Å². The van der Waals surface area contributed by atoms with Gasteiger partial charge in [-0.15, -0.1) is 11.3 Å². The van der Waals surface area contributed by atoms with Gasteiger partial charge in [-0.25, -0.2) is 4.98 Å². The molecule has 2 heterocycles. The van der Waals surface area contributed by atoms with E-state index in [0.29, 0.717) is 11.4 Å². The van der Waals surface area contributed by atoms with Crippen molar-refractivity contribution in [2.45, 2.75) is 13.3 Å². The Morgan fingerprint density at radius 3 is 3.07 bits per heavy atom. The molecule has 78 valence electrons. The van der Waals surface area contributed by atoms with E-state index in [1.807, 2.05) is 18.5 Å². The van der Waals surface area contributed by atoms with Crippen molar-refractivity contribution in [1.82, 2.24) is 9.97 Å². The van der Waals surface area contributed by atoms with Gasteiger partial charge in [-0.3, -0.25) is 0 Å². The molecule has 0 aliphatic rings. The van der Waals surface area contributed by atoms with Gasteiger partial charge in [0.05, 0.1) is 10.7 Å². The van der Waals surface area contributed by atoms with Crippen LogP contribution < -0.4 is 5.73 Å². The maximum absolute atomic E-state index is 5.49. The molecule has 0 radical (unpaired) electrons. The highest BCUT2D eigenvalue weighted by Gasteiger charge is 2.10. The number of nitrogens with zero attached hydrogens (tertiary/aromatic N) is 1. The fraction of sp³-hybridized carbons (Fsp3) is 0.200. The molecule has 0 saturated carbocycles. The molecule has 0 aliphatic carbocycles. The van der Waals surface area contributed by atoms with Crippen molar-refractivity contribution in [1.29, 1.82) is 0 Å². The summed E-state index contributed by atoms with van der Waals surface area (Å²) in [5.74, 6) is 0. The number of hydrogen-bond donors (Lipinski definition) is 2. The largest absolute Gasteiger partial charge is 0.393 e. The summed E-state index contributed by atoms with van der Waals surface area (Å²) in [7, 11) is 0. The van der Waals surface area contributed by atoms with Gasteiger partial charge in [0.25, 0.3) is 0 Å². The molecule has 0 aliphatic heterocycles. The minimum absolute atomic E-state index is 0.490. The monoisotopic (exact) mass is 237 g/mol.